The molecule has 6 nitrogen and oxygen atoms in total. The van der Waals surface area contributed by atoms with Gasteiger partial charge >= 0.3 is 5.97 Å². The van der Waals surface area contributed by atoms with Gasteiger partial charge in [-0.05, 0) is 42.9 Å². The highest BCUT2D eigenvalue weighted by molar-refractivity contribution is 5.75. The second-order valence-corrected chi connectivity index (χ2v) is 5.95. The molecule has 0 saturated carbocycles. The van der Waals surface area contributed by atoms with Crippen molar-refractivity contribution in [2.45, 2.75) is 31.7 Å². The van der Waals surface area contributed by atoms with Crippen LogP contribution in [0, 0.1) is 0 Å². The first-order chi connectivity index (χ1) is 11.0. The lowest BCUT2D eigenvalue weighted by atomic mass is 9.95. The number of aliphatic carboxylic acids is 1. The Morgan fingerprint density at radius 1 is 1.30 bits per heavy atom. The Bertz CT molecular complexity index is 669. The molecule has 124 valence electrons. The molecule has 3 rings (SSSR count). The average Bonchev–Trinajstić information content (AvgIpc) is 2.76. The van der Waals surface area contributed by atoms with E-state index in [1.54, 1.807) is 14.2 Å². The number of carboxylic acids is 1. The summed E-state index contributed by atoms with van der Waals surface area (Å²) in [6.07, 6.45) is 3.22. The predicted molar refractivity (Wildman–Crippen MR) is 87.1 cm³/mol. The molecule has 0 amide bonds. The van der Waals surface area contributed by atoms with Gasteiger partial charge in [0.05, 0.1) is 14.2 Å². The van der Waals surface area contributed by atoms with Gasteiger partial charge in [0.2, 0.25) is 0 Å². The molecule has 2 N–H and O–H groups in total. The van der Waals surface area contributed by atoms with Gasteiger partial charge in [-0.15, -0.1) is 0 Å². The van der Waals surface area contributed by atoms with Gasteiger partial charge in [-0.2, -0.15) is 0 Å². The summed E-state index contributed by atoms with van der Waals surface area (Å²) < 4.78 is 10.8. The number of carbonyl (C=O) groups is 1. The van der Waals surface area contributed by atoms with E-state index in [1.165, 1.54) is 11.1 Å². The molecule has 2 aliphatic rings. The van der Waals surface area contributed by atoms with Gasteiger partial charge in [-0.25, -0.2) is 4.79 Å². The number of fused-ring (bicyclic) bond motifs is 1. The summed E-state index contributed by atoms with van der Waals surface area (Å²) >= 11 is 0. The molecule has 1 atom stereocenters. The van der Waals surface area contributed by atoms with Crippen LogP contribution in [-0.4, -0.2) is 38.4 Å². The Labute approximate surface area is 135 Å². The molecule has 0 spiro atoms. The molecule has 1 aromatic rings. The maximum absolute atomic E-state index is 11.4. The van der Waals surface area contributed by atoms with Crippen LogP contribution in [0.4, 0.5) is 5.69 Å². The van der Waals surface area contributed by atoms with Crippen LogP contribution in [0.25, 0.3) is 0 Å². The molecule has 2 heterocycles. The van der Waals surface area contributed by atoms with Gasteiger partial charge in [0.15, 0.2) is 11.5 Å². The van der Waals surface area contributed by atoms with Crippen LogP contribution in [0.1, 0.15) is 24.8 Å². The Hall–Kier alpha value is -2.37. The van der Waals surface area contributed by atoms with Crippen molar-refractivity contribution in [1.82, 2.24) is 5.32 Å². The van der Waals surface area contributed by atoms with Crippen molar-refractivity contribution >= 4 is 11.7 Å². The summed E-state index contributed by atoms with van der Waals surface area (Å²) in [4.78, 5) is 13.4. The molecule has 1 unspecified atom stereocenters. The maximum Gasteiger partial charge on any atom is 0.326 e. The van der Waals surface area contributed by atoms with Crippen LogP contribution in [0.3, 0.4) is 0 Å². The lowest BCUT2D eigenvalue weighted by Gasteiger charge is -2.34. The molecule has 0 aromatic heterocycles. The highest BCUT2D eigenvalue weighted by atomic mass is 16.5. The second kappa shape index (κ2) is 6.02. The van der Waals surface area contributed by atoms with E-state index in [0.29, 0.717) is 17.9 Å². The summed E-state index contributed by atoms with van der Waals surface area (Å²) in [7, 11) is 5.20. The number of benzene rings is 1. The normalized spacial score (nSPS) is 20.1. The Kier molecular flexibility index (Phi) is 4.07. The summed E-state index contributed by atoms with van der Waals surface area (Å²) in [6.45, 7) is 0. The monoisotopic (exact) mass is 318 g/mol. The van der Waals surface area contributed by atoms with E-state index in [1.807, 2.05) is 24.1 Å². The van der Waals surface area contributed by atoms with Gasteiger partial charge in [0.1, 0.15) is 11.9 Å². The van der Waals surface area contributed by atoms with E-state index in [4.69, 9.17) is 9.47 Å². The third kappa shape index (κ3) is 2.69. The quantitative estimate of drug-likeness (QED) is 0.890. The number of nitrogens with one attached hydrogen (secondary N) is 1. The van der Waals surface area contributed by atoms with Crippen molar-refractivity contribution < 1.29 is 19.4 Å². The SMILES string of the molecule is COc1cc2c(cc1OC)N(C)C1=C(CCCC(C(=O)O)N1)C2. The number of carboxylic acid groups (broad SMARTS) is 1. The highest BCUT2D eigenvalue weighted by Crippen LogP contribution is 2.41. The zero-order valence-electron chi connectivity index (χ0n) is 13.7. The number of rotatable bonds is 3. The summed E-state index contributed by atoms with van der Waals surface area (Å²) in [5, 5.41) is 12.6. The Morgan fingerprint density at radius 2 is 2.00 bits per heavy atom. The third-order valence-corrected chi connectivity index (χ3v) is 4.60. The number of hydrogen-bond acceptors (Lipinski definition) is 5. The minimum Gasteiger partial charge on any atom is -0.493 e. The molecule has 0 aliphatic carbocycles. The zero-order valence-corrected chi connectivity index (χ0v) is 13.7. The van der Waals surface area contributed by atoms with E-state index in [0.717, 1.165) is 30.8 Å². The van der Waals surface area contributed by atoms with Crippen LogP contribution >= 0.6 is 0 Å². The third-order valence-electron chi connectivity index (χ3n) is 4.60. The van der Waals surface area contributed by atoms with E-state index in [2.05, 4.69) is 5.32 Å². The van der Waals surface area contributed by atoms with Crippen LogP contribution in [0.2, 0.25) is 0 Å². The first kappa shape index (κ1) is 15.5. The van der Waals surface area contributed by atoms with Crippen LogP contribution < -0.4 is 19.7 Å². The minimum atomic E-state index is -0.801. The smallest absolute Gasteiger partial charge is 0.326 e. The predicted octanol–water partition coefficient (Wildman–Crippen LogP) is 2.13. The molecular weight excluding hydrogens is 296 g/mol. The summed E-state index contributed by atoms with van der Waals surface area (Å²) in [5.41, 5.74) is 3.43. The number of ether oxygens (including phenoxy) is 2. The van der Waals surface area contributed by atoms with Crippen molar-refractivity contribution in [2.75, 3.05) is 26.2 Å². The first-order valence-electron chi connectivity index (χ1n) is 7.75. The summed E-state index contributed by atoms with van der Waals surface area (Å²) in [6, 6.07) is 3.42. The van der Waals surface area contributed by atoms with E-state index in [-0.39, 0.29) is 0 Å². The van der Waals surface area contributed by atoms with Gasteiger partial charge in [-0.3, -0.25) is 0 Å². The number of anilines is 1. The van der Waals surface area contributed by atoms with E-state index >= 15 is 0 Å². The number of allylic oxidation sites excluding steroid dienone is 1. The molecule has 1 aromatic carbocycles. The molecule has 0 radical (unpaired) electrons. The standard InChI is InChI=1S/C17H22N2O4/c1-19-13-9-15(23-3)14(22-2)8-11(13)7-10-5-4-6-12(17(20)21)18-16(10)19/h8-9,12,18H,4-7H2,1-3H3,(H,20,21). The van der Waals surface area contributed by atoms with Gasteiger partial charge in [-0.1, -0.05) is 0 Å². The van der Waals surface area contributed by atoms with Crippen molar-refractivity contribution in [2.24, 2.45) is 0 Å². The number of nitrogens with zero attached hydrogens (tertiary/aromatic N) is 1. The lowest BCUT2D eigenvalue weighted by Crippen LogP contribution is -2.42. The van der Waals surface area contributed by atoms with Crippen molar-refractivity contribution in [1.29, 1.82) is 0 Å². The molecule has 0 bridgehead atoms. The lowest BCUT2D eigenvalue weighted by molar-refractivity contribution is -0.139. The largest absolute Gasteiger partial charge is 0.493 e. The van der Waals surface area contributed by atoms with Gasteiger partial charge in [0.25, 0.3) is 0 Å². The van der Waals surface area contributed by atoms with Gasteiger partial charge < -0.3 is 24.8 Å². The molecule has 0 fully saturated rings. The van der Waals surface area contributed by atoms with Crippen molar-refractivity contribution in [3.8, 4) is 11.5 Å². The van der Waals surface area contributed by atoms with E-state index < -0.39 is 12.0 Å². The fraction of sp³-hybridized carbons (Fsp3) is 0.471. The Balaban J connectivity index is 2.00. The minimum absolute atomic E-state index is 0.536. The van der Waals surface area contributed by atoms with Crippen molar-refractivity contribution in [3.63, 3.8) is 0 Å². The fourth-order valence-electron chi connectivity index (χ4n) is 3.38. The second-order valence-electron chi connectivity index (χ2n) is 5.95. The maximum atomic E-state index is 11.4. The molecular formula is C17H22N2O4. The fourth-order valence-corrected chi connectivity index (χ4v) is 3.38. The molecule has 0 saturated heterocycles. The summed E-state index contributed by atoms with van der Waals surface area (Å²) in [5.74, 6) is 1.50. The zero-order chi connectivity index (χ0) is 16.6. The number of methoxy groups -OCH3 is 2. The highest BCUT2D eigenvalue weighted by Gasteiger charge is 2.30. The van der Waals surface area contributed by atoms with E-state index in [9.17, 15) is 9.90 Å². The molecule has 23 heavy (non-hydrogen) atoms. The molecule has 2 aliphatic heterocycles. The van der Waals surface area contributed by atoms with Crippen molar-refractivity contribution in [3.05, 3.63) is 29.1 Å². The van der Waals surface area contributed by atoms with Crippen LogP contribution in [0.15, 0.2) is 23.5 Å². The average molecular weight is 318 g/mol. The van der Waals surface area contributed by atoms with Gasteiger partial charge in [0, 0.05) is 18.8 Å². The Morgan fingerprint density at radius 3 is 2.65 bits per heavy atom. The van der Waals surface area contributed by atoms with Crippen LogP contribution in [-0.2, 0) is 11.2 Å². The van der Waals surface area contributed by atoms with Crippen LogP contribution in [0.5, 0.6) is 11.5 Å². The topological polar surface area (TPSA) is 71.0 Å². The first-order valence-corrected chi connectivity index (χ1v) is 7.75. The number of hydrogen-bond donors (Lipinski definition) is 2. The molecule has 6 heteroatoms.